The van der Waals surface area contributed by atoms with Gasteiger partial charge in [-0.2, -0.15) is 8.42 Å². The van der Waals surface area contributed by atoms with Crippen LogP contribution in [0, 0.1) is 13.8 Å². The molecule has 2 saturated heterocycles. The molecule has 3 aromatic rings. The average molecular weight is 561 g/mol. The molecule has 0 aliphatic carbocycles. The lowest BCUT2D eigenvalue weighted by Crippen LogP contribution is -2.64. The number of ether oxygens (including phenoxy) is 3. The summed E-state index contributed by atoms with van der Waals surface area (Å²) in [4.78, 5) is -0.280. The summed E-state index contributed by atoms with van der Waals surface area (Å²) in [5.41, 5.74) is 2.34. The first-order chi connectivity index (χ1) is 18.1. The molecule has 6 atom stereocenters. The number of aliphatic hydroxyl groups excluding tert-OH is 1. The Labute approximate surface area is 222 Å². The Bertz CT molecular complexity index is 1470. The SMILES string of the molecule is Cc1ccc(S(=O)(=O)O[C@@H]2O[C@@H]3COC(c4ccccc4)O[C@H]3[C@H](O)[C@H]2S(=O)(=O)c2ccc(C)cc2)cc1. The van der Waals surface area contributed by atoms with Crippen LogP contribution >= 0.6 is 0 Å². The summed E-state index contributed by atoms with van der Waals surface area (Å²) in [6, 6.07) is 20.9. The average Bonchev–Trinajstić information content (AvgIpc) is 2.89. The number of benzene rings is 3. The van der Waals surface area contributed by atoms with Crippen LogP contribution in [0.25, 0.3) is 0 Å². The number of aliphatic hydroxyl groups is 1. The first-order valence-electron chi connectivity index (χ1n) is 12.0. The summed E-state index contributed by atoms with van der Waals surface area (Å²) in [5.74, 6) is 0. The van der Waals surface area contributed by atoms with Crippen LogP contribution in [-0.2, 0) is 38.3 Å². The third-order valence-corrected chi connectivity index (χ3v) is 10.1. The lowest BCUT2D eigenvalue weighted by molar-refractivity contribution is -0.325. The molecule has 2 aliphatic rings. The van der Waals surface area contributed by atoms with Crippen molar-refractivity contribution in [3.05, 3.63) is 95.6 Å². The van der Waals surface area contributed by atoms with Crippen LogP contribution in [-0.4, -0.2) is 58.4 Å². The summed E-state index contributed by atoms with van der Waals surface area (Å²) in [6.07, 6.45) is -6.52. The van der Waals surface area contributed by atoms with Crippen LogP contribution in [0.15, 0.2) is 88.7 Å². The van der Waals surface area contributed by atoms with Crippen molar-refractivity contribution in [2.75, 3.05) is 6.61 Å². The van der Waals surface area contributed by atoms with E-state index >= 15 is 0 Å². The second kappa shape index (κ2) is 10.5. The number of rotatable bonds is 6. The van der Waals surface area contributed by atoms with Gasteiger partial charge < -0.3 is 19.3 Å². The van der Waals surface area contributed by atoms with E-state index in [1.807, 2.05) is 6.07 Å². The van der Waals surface area contributed by atoms with Gasteiger partial charge in [-0.1, -0.05) is 65.7 Å². The van der Waals surface area contributed by atoms with Crippen molar-refractivity contribution in [1.82, 2.24) is 0 Å². The van der Waals surface area contributed by atoms with Crippen molar-refractivity contribution < 1.29 is 40.3 Å². The summed E-state index contributed by atoms with van der Waals surface area (Å²) in [6.45, 7) is 3.52. The number of fused-ring (bicyclic) bond motifs is 1. The number of sulfone groups is 1. The molecular formula is C27H28O9S2. The van der Waals surface area contributed by atoms with Crippen molar-refractivity contribution in [1.29, 1.82) is 0 Å². The predicted octanol–water partition coefficient (Wildman–Crippen LogP) is 3.05. The number of hydrogen-bond acceptors (Lipinski definition) is 9. The summed E-state index contributed by atoms with van der Waals surface area (Å²) in [5, 5.41) is 9.64. The Morgan fingerprint density at radius 2 is 1.37 bits per heavy atom. The van der Waals surface area contributed by atoms with Crippen molar-refractivity contribution >= 4 is 20.0 Å². The van der Waals surface area contributed by atoms with Gasteiger partial charge in [0, 0.05) is 5.56 Å². The van der Waals surface area contributed by atoms with Crippen molar-refractivity contribution in [3.63, 3.8) is 0 Å². The van der Waals surface area contributed by atoms with E-state index in [0.29, 0.717) is 5.56 Å². The highest BCUT2D eigenvalue weighted by molar-refractivity contribution is 7.92. The minimum Gasteiger partial charge on any atom is -0.389 e. The van der Waals surface area contributed by atoms with Gasteiger partial charge in [-0.3, -0.25) is 0 Å². The number of aryl methyl sites for hydroxylation is 2. The molecule has 1 N–H and O–H groups in total. The van der Waals surface area contributed by atoms with Crippen molar-refractivity contribution in [2.24, 2.45) is 0 Å². The second-order valence-corrected chi connectivity index (χ2v) is 13.1. The van der Waals surface area contributed by atoms with Crippen molar-refractivity contribution in [2.45, 2.75) is 59.8 Å². The van der Waals surface area contributed by atoms with Crippen LogP contribution in [0.1, 0.15) is 23.0 Å². The van der Waals surface area contributed by atoms with E-state index in [0.717, 1.165) is 11.1 Å². The molecule has 1 unspecified atom stereocenters. The second-order valence-electron chi connectivity index (χ2n) is 9.40. The van der Waals surface area contributed by atoms with Crippen LogP contribution < -0.4 is 0 Å². The van der Waals surface area contributed by atoms with Crippen LogP contribution in [0.2, 0.25) is 0 Å². The zero-order valence-corrected chi connectivity index (χ0v) is 22.3. The largest absolute Gasteiger partial charge is 0.389 e. The zero-order valence-electron chi connectivity index (χ0n) is 20.7. The molecule has 9 nitrogen and oxygen atoms in total. The minimum absolute atomic E-state index is 0.0803. The first kappa shape index (κ1) is 26.9. The highest BCUT2D eigenvalue weighted by Crippen LogP contribution is 2.39. The van der Waals surface area contributed by atoms with E-state index in [2.05, 4.69) is 0 Å². The third-order valence-electron chi connectivity index (χ3n) is 6.62. The lowest BCUT2D eigenvalue weighted by Gasteiger charge is -2.47. The third kappa shape index (κ3) is 5.28. The van der Waals surface area contributed by atoms with Crippen LogP contribution in [0.4, 0.5) is 0 Å². The molecule has 2 aliphatic heterocycles. The first-order valence-corrected chi connectivity index (χ1v) is 15.0. The fourth-order valence-electron chi connectivity index (χ4n) is 4.52. The van der Waals surface area contributed by atoms with Gasteiger partial charge in [-0.05, 0) is 38.1 Å². The van der Waals surface area contributed by atoms with Gasteiger partial charge in [0.1, 0.15) is 23.6 Å². The molecule has 0 bridgehead atoms. The maximum atomic E-state index is 13.8. The molecule has 202 valence electrons. The molecule has 0 saturated carbocycles. The standard InChI is InChI=1S/C27H28O9S2/c1-17-8-12-20(13-9-17)37(29,30)25-23(28)24-22(16-33-26(35-24)19-6-4-3-5-7-19)34-27(25)36-38(31,32)21-14-10-18(2)11-15-21/h3-15,22-28H,16H2,1-2H3/t22-,23+,24-,25-,26?,27+/m1/s1. The van der Waals surface area contributed by atoms with Crippen LogP contribution in [0.3, 0.4) is 0 Å². The highest BCUT2D eigenvalue weighted by Gasteiger charge is 2.56. The topological polar surface area (TPSA) is 125 Å². The quantitative estimate of drug-likeness (QED) is 0.453. The Morgan fingerprint density at radius 3 is 1.97 bits per heavy atom. The van der Waals surface area contributed by atoms with Gasteiger partial charge in [0.05, 0.1) is 16.4 Å². The fourth-order valence-corrected chi connectivity index (χ4v) is 7.35. The smallest absolute Gasteiger partial charge is 0.299 e. The van der Waals surface area contributed by atoms with E-state index in [4.69, 9.17) is 18.4 Å². The Morgan fingerprint density at radius 1 is 0.789 bits per heavy atom. The maximum Gasteiger partial charge on any atom is 0.299 e. The summed E-state index contributed by atoms with van der Waals surface area (Å²) in [7, 11) is -8.81. The predicted molar refractivity (Wildman–Crippen MR) is 136 cm³/mol. The highest BCUT2D eigenvalue weighted by atomic mass is 32.2. The molecule has 11 heteroatoms. The van der Waals surface area contributed by atoms with Gasteiger partial charge in [0.15, 0.2) is 22.4 Å². The number of hydrogen-bond donors (Lipinski definition) is 1. The van der Waals surface area contributed by atoms with E-state index in [1.54, 1.807) is 62.4 Å². The van der Waals surface area contributed by atoms with Crippen LogP contribution in [0.5, 0.6) is 0 Å². The van der Waals surface area contributed by atoms with E-state index in [9.17, 15) is 21.9 Å². The Kier molecular flexibility index (Phi) is 7.44. The monoisotopic (exact) mass is 560 g/mol. The Hall–Kier alpha value is -2.64. The molecular weight excluding hydrogens is 532 g/mol. The van der Waals surface area contributed by atoms with Gasteiger partial charge in [0.25, 0.3) is 10.1 Å². The van der Waals surface area contributed by atoms with E-state index in [-0.39, 0.29) is 16.4 Å². The van der Waals surface area contributed by atoms with E-state index < -0.39 is 56.1 Å². The minimum atomic E-state index is -4.46. The maximum absolute atomic E-state index is 13.8. The van der Waals surface area contributed by atoms with Crippen molar-refractivity contribution in [3.8, 4) is 0 Å². The Balaban J connectivity index is 1.51. The summed E-state index contributed by atoms with van der Waals surface area (Å²) < 4.78 is 76.9. The zero-order chi connectivity index (χ0) is 27.1. The summed E-state index contributed by atoms with van der Waals surface area (Å²) >= 11 is 0. The molecule has 0 radical (unpaired) electrons. The molecule has 5 rings (SSSR count). The molecule has 2 heterocycles. The lowest BCUT2D eigenvalue weighted by atomic mass is 10.00. The normalized spacial score (nSPS) is 28.0. The van der Waals surface area contributed by atoms with Gasteiger partial charge in [0.2, 0.25) is 0 Å². The fraction of sp³-hybridized carbons (Fsp3) is 0.333. The molecule has 0 spiro atoms. The molecule has 0 amide bonds. The molecule has 3 aromatic carbocycles. The van der Waals surface area contributed by atoms with Gasteiger partial charge >= 0.3 is 0 Å². The molecule has 38 heavy (non-hydrogen) atoms. The van der Waals surface area contributed by atoms with Gasteiger partial charge in [-0.15, -0.1) is 0 Å². The molecule has 0 aromatic heterocycles. The van der Waals surface area contributed by atoms with E-state index in [1.165, 1.54) is 24.3 Å². The molecule has 2 fully saturated rings. The van der Waals surface area contributed by atoms with Gasteiger partial charge in [-0.25, -0.2) is 12.6 Å².